The molecule has 0 saturated heterocycles. The summed E-state index contributed by atoms with van der Waals surface area (Å²) >= 11 is 0. The Morgan fingerprint density at radius 3 is 2.00 bits per heavy atom. The van der Waals surface area contributed by atoms with Gasteiger partial charge in [-0.2, -0.15) is 0 Å². The fourth-order valence-electron chi connectivity index (χ4n) is 1.58. The van der Waals surface area contributed by atoms with Crippen LogP contribution in [-0.4, -0.2) is 28.3 Å². The zero-order valence-corrected chi connectivity index (χ0v) is 11.7. The van der Waals surface area contributed by atoms with Gasteiger partial charge in [0, 0.05) is 34.9 Å². The van der Waals surface area contributed by atoms with Gasteiger partial charge in [0.1, 0.15) is 0 Å². The smallest absolute Gasteiger partial charge is 0.0246 e. The van der Waals surface area contributed by atoms with Crippen LogP contribution in [0.2, 0.25) is 0 Å². The van der Waals surface area contributed by atoms with Crippen molar-refractivity contribution >= 4 is 10.8 Å². The zero-order chi connectivity index (χ0) is 11.8. The van der Waals surface area contributed by atoms with Crippen molar-refractivity contribution in [3.63, 3.8) is 0 Å². The van der Waals surface area contributed by atoms with Crippen LogP contribution < -0.4 is 5.32 Å². The van der Waals surface area contributed by atoms with E-state index >= 15 is 0 Å². The molecule has 0 aliphatic heterocycles. The minimum absolute atomic E-state index is 0.482. The SMILES string of the molecule is CC(C)CCC(C)NC(C)CCS(C)=O. The Labute approximate surface area is 97.7 Å². The van der Waals surface area contributed by atoms with Gasteiger partial charge in [-0.05, 0) is 39.0 Å². The fourth-order valence-corrected chi connectivity index (χ4v) is 2.26. The van der Waals surface area contributed by atoms with Gasteiger partial charge in [0.2, 0.25) is 0 Å². The molecule has 0 rings (SSSR count). The topological polar surface area (TPSA) is 29.1 Å². The Bertz CT molecular complexity index is 182. The van der Waals surface area contributed by atoms with Gasteiger partial charge in [-0.1, -0.05) is 13.8 Å². The molecule has 2 nitrogen and oxygen atoms in total. The highest BCUT2D eigenvalue weighted by molar-refractivity contribution is 7.84. The van der Waals surface area contributed by atoms with E-state index in [9.17, 15) is 4.21 Å². The van der Waals surface area contributed by atoms with Crippen LogP contribution in [0.1, 0.15) is 47.0 Å². The number of rotatable bonds is 8. The molecule has 0 bridgehead atoms. The maximum absolute atomic E-state index is 10.9. The van der Waals surface area contributed by atoms with Crippen molar-refractivity contribution in [3.8, 4) is 0 Å². The number of hydrogen-bond acceptors (Lipinski definition) is 2. The third-order valence-corrected chi connectivity index (χ3v) is 3.40. The first-order valence-corrected chi connectivity index (χ1v) is 7.70. The van der Waals surface area contributed by atoms with Crippen molar-refractivity contribution in [3.05, 3.63) is 0 Å². The maximum atomic E-state index is 10.9. The second-order valence-electron chi connectivity index (χ2n) is 5.01. The predicted octanol–water partition coefficient (Wildman–Crippen LogP) is 2.56. The summed E-state index contributed by atoms with van der Waals surface area (Å²) in [5.41, 5.74) is 0. The normalized spacial score (nSPS) is 17.7. The summed E-state index contributed by atoms with van der Waals surface area (Å²) in [4.78, 5) is 0. The molecule has 3 heteroatoms. The molecule has 0 aromatic carbocycles. The van der Waals surface area contributed by atoms with Crippen molar-refractivity contribution < 1.29 is 4.21 Å². The lowest BCUT2D eigenvalue weighted by Gasteiger charge is -2.20. The molecule has 0 aromatic rings. The van der Waals surface area contributed by atoms with Crippen molar-refractivity contribution in [1.82, 2.24) is 5.32 Å². The van der Waals surface area contributed by atoms with Crippen LogP contribution in [0.5, 0.6) is 0 Å². The highest BCUT2D eigenvalue weighted by Crippen LogP contribution is 2.07. The average molecular weight is 233 g/mol. The van der Waals surface area contributed by atoms with E-state index in [0.29, 0.717) is 12.1 Å². The lowest BCUT2D eigenvalue weighted by Crippen LogP contribution is -2.35. The summed E-state index contributed by atoms with van der Waals surface area (Å²) in [7, 11) is -0.652. The van der Waals surface area contributed by atoms with Crippen molar-refractivity contribution in [2.45, 2.75) is 59.0 Å². The second kappa shape index (κ2) is 8.28. The van der Waals surface area contributed by atoms with E-state index in [0.717, 1.165) is 18.1 Å². The summed E-state index contributed by atoms with van der Waals surface area (Å²) in [5.74, 6) is 1.60. The molecule has 0 aliphatic rings. The molecule has 92 valence electrons. The molecule has 0 spiro atoms. The van der Waals surface area contributed by atoms with Gasteiger partial charge in [-0.25, -0.2) is 0 Å². The Kier molecular flexibility index (Phi) is 8.34. The van der Waals surface area contributed by atoms with E-state index in [-0.39, 0.29) is 0 Å². The molecule has 3 unspecified atom stereocenters. The van der Waals surface area contributed by atoms with Gasteiger partial charge >= 0.3 is 0 Å². The van der Waals surface area contributed by atoms with Gasteiger partial charge in [0.15, 0.2) is 0 Å². The first-order chi connectivity index (χ1) is 6.91. The van der Waals surface area contributed by atoms with E-state index in [4.69, 9.17) is 0 Å². The molecular formula is C12H27NOS. The molecule has 0 radical (unpaired) electrons. The third-order valence-electron chi connectivity index (χ3n) is 2.58. The quantitative estimate of drug-likeness (QED) is 0.698. The van der Waals surface area contributed by atoms with Crippen molar-refractivity contribution in [2.75, 3.05) is 12.0 Å². The predicted molar refractivity (Wildman–Crippen MR) is 69.7 cm³/mol. The zero-order valence-electron chi connectivity index (χ0n) is 10.9. The van der Waals surface area contributed by atoms with E-state index in [2.05, 4.69) is 33.0 Å². The molecule has 0 heterocycles. The summed E-state index contributed by atoms with van der Waals surface area (Å²) < 4.78 is 10.9. The van der Waals surface area contributed by atoms with Gasteiger partial charge < -0.3 is 5.32 Å². The van der Waals surface area contributed by atoms with Crippen LogP contribution in [0.25, 0.3) is 0 Å². The summed E-state index contributed by atoms with van der Waals surface area (Å²) in [6, 6.07) is 1.06. The van der Waals surface area contributed by atoms with Crippen LogP contribution in [0.3, 0.4) is 0 Å². The van der Waals surface area contributed by atoms with Crippen LogP contribution in [0.15, 0.2) is 0 Å². The monoisotopic (exact) mass is 233 g/mol. The molecule has 0 saturated carbocycles. The van der Waals surface area contributed by atoms with Crippen LogP contribution in [0.4, 0.5) is 0 Å². The maximum Gasteiger partial charge on any atom is 0.0246 e. The number of nitrogens with one attached hydrogen (secondary N) is 1. The highest BCUT2D eigenvalue weighted by Gasteiger charge is 2.08. The Morgan fingerprint density at radius 2 is 1.53 bits per heavy atom. The van der Waals surface area contributed by atoms with Gasteiger partial charge in [-0.15, -0.1) is 0 Å². The lowest BCUT2D eigenvalue weighted by atomic mass is 10.0. The Hall–Kier alpha value is 0.110. The minimum Gasteiger partial charge on any atom is -0.312 e. The standard InChI is InChI=1S/C12H27NOS/c1-10(2)6-7-11(3)13-12(4)8-9-15(5)14/h10-13H,6-9H2,1-5H3. The Morgan fingerprint density at radius 1 is 1.00 bits per heavy atom. The fraction of sp³-hybridized carbons (Fsp3) is 1.00. The Balaban J connectivity index is 3.57. The molecule has 3 atom stereocenters. The van der Waals surface area contributed by atoms with Gasteiger partial charge in [-0.3, -0.25) is 4.21 Å². The minimum atomic E-state index is -0.652. The first kappa shape index (κ1) is 15.1. The van der Waals surface area contributed by atoms with Crippen LogP contribution >= 0.6 is 0 Å². The van der Waals surface area contributed by atoms with Crippen LogP contribution in [0, 0.1) is 5.92 Å². The second-order valence-corrected chi connectivity index (χ2v) is 6.56. The van der Waals surface area contributed by atoms with Gasteiger partial charge in [0.05, 0.1) is 0 Å². The first-order valence-electron chi connectivity index (χ1n) is 5.98. The van der Waals surface area contributed by atoms with Crippen molar-refractivity contribution in [2.24, 2.45) is 5.92 Å². The molecule has 0 aromatic heterocycles. The molecule has 1 N–H and O–H groups in total. The summed E-state index contributed by atoms with van der Waals surface area (Å²) in [6.45, 7) is 8.94. The van der Waals surface area contributed by atoms with E-state index in [1.807, 2.05) is 0 Å². The van der Waals surface area contributed by atoms with Crippen molar-refractivity contribution in [1.29, 1.82) is 0 Å². The molecule has 0 aliphatic carbocycles. The number of hydrogen-bond donors (Lipinski definition) is 1. The highest BCUT2D eigenvalue weighted by atomic mass is 32.2. The molecule has 0 fully saturated rings. The van der Waals surface area contributed by atoms with Crippen LogP contribution in [-0.2, 0) is 10.8 Å². The molecule has 15 heavy (non-hydrogen) atoms. The lowest BCUT2D eigenvalue weighted by molar-refractivity contribution is 0.407. The van der Waals surface area contributed by atoms with E-state index in [1.54, 1.807) is 6.26 Å². The molecular weight excluding hydrogens is 206 g/mol. The average Bonchev–Trinajstić information content (AvgIpc) is 2.11. The largest absolute Gasteiger partial charge is 0.312 e. The summed E-state index contributed by atoms with van der Waals surface area (Å²) in [6.07, 6.45) is 5.29. The van der Waals surface area contributed by atoms with E-state index in [1.165, 1.54) is 12.8 Å². The third kappa shape index (κ3) is 10.4. The summed E-state index contributed by atoms with van der Waals surface area (Å²) in [5, 5.41) is 3.56. The molecule has 0 amide bonds. The van der Waals surface area contributed by atoms with Gasteiger partial charge in [0.25, 0.3) is 0 Å². The van der Waals surface area contributed by atoms with E-state index < -0.39 is 10.8 Å².